The number of anilines is 2. The summed E-state index contributed by atoms with van der Waals surface area (Å²) in [4.78, 5) is 7.20. The fourth-order valence-corrected chi connectivity index (χ4v) is 4.10. The smallest absolute Gasteiger partial charge is 0.165 e. The number of hydrogen-bond acceptors (Lipinski definition) is 5. The minimum Gasteiger partial charge on any atom is -0.383 e. The molecular formula is C23H23FN6. The van der Waals surface area contributed by atoms with E-state index < -0.39 is 0 Å². The maximum absolute atomic E-state index is 13.3. The lowest BCUT2D eigenvalue weighted by atomic mass is 10.0. The first-order valence-electron chi connectivity index (χ1n) is 10.1. The first-order chi connectivity index (χ1) is 14.6. The predicted molar refractivity (Wildman–Crippen MR) is 118 cm³/mol. The second-order valence-electron chi connectivity index (χ2n) is 7.55. The van der Waals surface area contributed by atoms with Crippen LogP contribution in [0.2, 0.25) is 0 Å². The summed E-state index contributed by atoms with van der Waals surface area (Å²) in [6.07, 6.45) is 1.81. The summed E-state index contributed by atoms with van der Waals surface area (Å²) in [6.45, 7) is 5.88. The average Bonchev–Trinajstić information content (AvgIpc) is 3.20. The Bertz CT molecular complexity index is 1210. The fraction of sp³-hybridized carbons (Fsp3) is 0.217. The number of nitrogens with two attached hydrogens (primary N) is 1. The third-order valence-corrected chi connectivity index (χ3v) is 5.64. The molecule has 0 unspecified atom stereocenters. The minimum absolute atomic E-state index is 0.283. The fourth-order valence-electron chi connectivity index (χ4n) is 4.10. The molecule has 0 bridgehead atoms. The van der Waals surface area contributed by atoms with Gasteiger partial charge in [0.05, 0.1) is 11.9 Å². The molecule has 3 N–H and O–H groups in total. The molecule has 5 rings (SSSR count). The summed E-state index contributed by atoms with van der Waals surface area (Å²) in [6, 6.07) is 14.7. The number of aryl methyl sites for hydroxylation is 1. The van der Waals surface area contributed by atoms with Crippen LogP contribution >= 0.6 is 0 Å². The monoisotopic (exact) mass is 402 g/mol. The van der Waals surface area contributed by atoms with Crippen molar-refractivity contribution in [3.05, 3.63) is 66.2 Å². The molecule has 0 radical (unpaired) electrons. The molecule has 30 heavy (non-hydrogen) atoms. The molecule has 2 aromatic heterocycles. The molecule has 7 heteroatoms. The summed E-state index contributed by atoms with van der Waals surface area (Å²) >= 11 is 0. The highest BCUT2D eigenvalue weighted by Crippen LogP contribution is 2.33. The van der Waals surface area contributed by atoms with Crippen molar-refractivity contribution >= 4 is 17.2 Å². The van der Waals surface area contributed by atoms with E-state index in [1.165, 1.54) is 17.8 Å². The third kappa shape index (κ3) is 3.17. The summed E-state index contributed by atoms with van der Waals surface area (Å²) in [5, 5.41) is 7.90. The van der Waals surface area contributed by atoms with Crippen molar-refractivity contribution in [3.63, 3.8) is 0 Å². The van der Waals surface area contributed by atoms with E-state index in [0.717, 1.165) is 54.1 Å². The number of hydrogen-bond donors (Lipinski definition) is 2. The molecular weight excluding hydrogens is 379 g/mol. The van der Waals surface area contributed by atoms with Crippen molar-refractivity contribution < 1.29 is 4.39 Å². The summed E-state index contributed by atoms with van der Waals surface area (Å²) < 4.78 is 15.0. The Morgan fingerprint density at radius 1 is 1.03 bits per heavy atom. The number of fused-ring (bicyclic) bond motifs is 1. The second-order valence-corrected chi connectivity index (χ2v) is 7.55. The molecule has 0 aliphatic carbocycles. The molecule has 0 amide bonds. The molecule has 1 aliphatic rings. The van der Waals surface area contributed by atoms with Crippen molar-refractivity contribution in [2.75, 3.05) is 36.8 Å². The van der Waals surface area contributed by atoms with Gasteiger partial charge >= 0.3 is 0 Å². The van der Waals surface area contributed by atoms with E-state index in [0.29, 0.717) is 11.5 Å². The lowest BCUT2D eigenvalue weighted by Crippen LogP contribution is -2.43. The van der Waals surface area contributed by atoms with Gasteiger partial charge in [0.25, 0.3) is 0 Å². The van der Waals surface area contributed by atoms with Gasteiger partial charge in [-0.15, -0.1) is 0 Å². The average molecular weight is 402 g/mol. The second kappa shape index (κ2) is 7.42. The Kier molecular flexibility index (Phi) is 4.59. The van der Waals surface area contributed by atoms with Crippen LogP contribution in [0.15, 0.2) is 54.7 Å². The Balaban J connectivity index is 1.59. The molecule has 0 spiro atoms. The number of nitrogens with zero attached hydrogens (tertiary/aromatic N) is 4. The van der Waals surface area contributed by atoms with E-state index in [9.17, 15) is 4.39 Å². The van der Waals surface area contributed by atoms with E-state index in [1.54, 1.807) is 16.6 Å². The molecule has 0 atom stereocenters. The lowest BCUT2D eigenvalue weighted by molar-refractivity contribution is 0.589. The van der Waals surface area contributed by atoms with Crippen molar-refractivity contribution in [1.29, 1.82) is 0 Å². The largest absolute Gasteiger partial charge is 0.383 e. The standard InChI is InChI=1S/C23H23FN6/c1-15-21(16-5-7-18(24)8-6-16)22(25)30-23(28-15)20(14-27-30)17-3-2-4-19(13-17)29-11-9-26-10-12-29/h2-8,13-14,26H,9-12,25H2,1H3. The topological polar surface area (TPSA) is 71.5 Å². The summed E-state index contributed by atoms with van der Waals surface area (Å²) in [7, 11) is 0. The van der Waals surface area contributed by atoms with E-state index in [1.807, 2.05) is 13.1 Å². The Morgan fingerprint density at radius 3 is 2.57 bits per heavy atom. The first kappa shape index (κ1) is 18.6. The zero-order valence-corrected chi connectivity index (χ0v) is 16.8. The number of piperazine rings is 1. The third-order valence-electron chi connectivity index (χ3n) is 5.64. The van der Waals surface area contributed by atoms with E-state index in [4.69, 9.17) is 10.7 Å². The van der Waals surface area contributed by atoms with Gasteiger partial charge in [-0.3, -0.25) is 0 Å². The van der Waals surface area contributed by atoms with Gasteiger partial charge < -0.3 is 16.0 Å². The van der Waals surface area contributed by atoms with Crippen LogP contribution in [0.4, 0.5) is 15.9 Å². The van der Waals surface area contributed by atoms with Gasteiger partial charge in [0.2, 0.25) is 0 Å². The number of nitrogens with one attached hydrogen (secondary N) is 1. The molecule has 0 saturated carbocycles. The van der Waals surface area contributed by atoms with Crippen molar-refractivity contribution in [2.45, 2.75) is 6.92 Å². The van der Waals surface area contributed by atoms with Crippen molar-refractivity contribution in [1.82, 2.24) is 19.9 Å². The highest BCUT2D eigenvalue weighted by Gasteiger charge is 2.18. The van der Waals surface area contributed by atoms with Gasteiger partial charge in [-0.2, -0.15) is 9.61 Å². The van der Waals surface area contributed by atoms with E-state index in [2.05, 4.69) is 39.6 Å². The maximum atomic E-state index is 13.3. The number of aromatic nitrogens is 3. The highest BCUT2D eigenvalue weighted by atomic mass is 19.1. The quantitative estimate of drug-likeness (QED) is 0.549. The Morgan fingerprint density at radius 2 is 1.80 bits per heavy atom. The molecule has 1 fully saturated rings. The van der Waals surface area contributed by atoms with Gasteiger partial charge in [-0.05, 0) is 42.3 Å². The van der Waals surface area contributed by atoms with Crippen LogP contribution < -0.4 is 16.0 Å². The molecule has 3 heterocycles. The highest BCUT2D eigenvalue weighted by molar-refractivity contribution is 5.84. The molecule has 4 aromatic rings. The molecule has 1 saturated heterocycles. The zero-order chi connectivity index (χ0) is 20.7. The number of halogens is 1. The van der Waals surface area contributed by atoms with Crippen LogP contribution in [-0.4, -0.2) is 40.8 Å². The van der Waals surface area contributed by atoms with Gasteiger partial charge in [0.15, 0.2) is 5.65 Å². The maximum Gasteiger partial charge on any atom is 0.165 e. The van der Waals surface area contributed by atoms with Crippen LogP contribution in [-0.2, 0) is 0 Å². The molecule has 2 aromatic carbocycles. The van der Waals surface area contributed by atoms with Crippen LogP contribution in [0, 0.1) is 12.7 Å². The van der Waals surface area contributed by atoms with Crippen LogP contribution in [0.25, 0.3) is 27.9 Å². The predicted octanol–water partition coefficient (Wildman–Crippen LogP) is 3.50. The molecule has 6 nitrogen and oxygen atoms in total. The van der Waals surface area contributed by atoms with Crippen LogP contribution in [0.1, 0.15) is 5.69 Å². The molecule has 1 aliphatic heterocycles. The molecule has 152 valence electrons. The lowest BCUT2D eigenvalue weighted by Gasteiger charge is -2.29. The number of benzene rings is 2. The van der Waals surface area contributed by atoms with Crippen molar-refractivity contribution in [3.8, 4) is 22.3 Å². The SMILES string of the molecule is Cc1nc2c(-c3cccc(N4CCNCC4)c3)cnn2c(N)c1-c1ccc(F)cc1. The first-order valence-corrected chi connectivity index (χ1v) is 10.1. The Labute approximate surface area is 174 Å². The number of nitrogen functional groups attached to an aromatic ring is 1. The van der Waals surface area contributed by atoms with E-state index in [-0.39, 0.29) is 5.82 Å². The Hall–Kier alpha value is -3.45. The van der Waals surface area contributed by atoms with E-state index >= 15 is 0 Å². The van der Waals surface area contributed by atoms with Crippen LogP contribution in [0.3, 0.4) is 0 Å². The normalized spacial score (nSPS) is 14.4. The van der Waals surface area contributed by atoms with Crippen molar-refractivity contribution in [2.24, 2.45) is 0 Å². The van der Waals surface area contributed by atoms with Gasteiger partial charge in [0, 0.05) is 43.0 Å². The summed E-state index contributed by atoms with van der Waals surface area (Å²) in [5.41, 5.74) is 12.8. The van der Waals surface area contributed by atoms with Gasteiger partial charge in [-0.25, -0.2) is 9.37 Å². The number of rotatable bonds is 3. The van der Waals surface area contributed by atoms with Crippen LogP contribution in [0.5, 0.6) is 0 Å². The minimum atomic E-state index is -0.283. The van der Waals surface area contributed by atoms with Gasteiger partial charge in [0.1, 0.15) is 11.6 Å². The van der Waals surface area contributed by atoms with Gasteiger partial charge in [-0.1, -0.05) is 24.3 Å². The summed E-state index contributed by atoms with van der Waals surface area (Å²) in [5.74, 6) is 0.211. The zero-order valence-electron chi connectivity index (χ0n) is 16.8.